The van der Waals surface area contributed by atoms with Crippen LogP contribution < -0.4 is 5.32 Å². The molecule has 0 aliphatic carbocycles. The summed E-state index contributed by atoms with van der Waals surface area (Å²) in [4.78, 5) is 15.5. The minimum atomic E-state index is 0.504. The van der Waals surface area contributed by atoms with E-state index in [0.29, 0.717) is 6.04 Å². The van der Waals surface area contributed by atoms with Crippen molar-refractivity contribution in [3.8, 4) is 0 Å². The summed E-state index contributed by atoms with van der Waals surface area (Å²) in [5.41, 5.74) is 1.62. The van der Waals surface area contributed by atoms with E-state index in [9.17, 15) is 0 Å². The van der Waals surface area contributed by atoms with E-state index in [0.717, 1.165) is 30.0 Å². The molecule has 0 spiro atoms. The number of hydrogen-bond donors (Lipinski definition) is 2. The van der Waals surface area contributed by atoms with E-state index in [2.05, 4.69) is 39.1 Å². The molecule has 0 saturated carbocycles. The Kier molecular flexibility index (Phi) is 2.91. The molecular formula is C10H15N5. The van der Waals surface area contributed by atoms with Gasteiger partial charge in [-0.15, -0.1) is 0 Å². The third-order valence-electron chi connectivity index (χ3n) is 2.44. The smallest absolute Gasteiger partial charge is 0.180 e. The zero-order chi connectivity index (χ0) is 10.7. The minimum Gasteiger partial charge on any atom is -0.338 e. The Morgan fingerprint density at radius 3 is 3.13 bits per heavy atom. The second-order valence-electron chi connectivity index (χ2n) is 3.63. The van der Waals surface area contributed by atoms with Gasteiger partial charge < -0.3 is 10.3 Å². The number of aromatic amines is 1. The lowest BCUT2D eigenvalue weighted by Gasteiger charge is -2.08. The van der Waals surface area contributed by atoms with Crippen LogP contribution in [0.2, 0.25) is 0 Å². The van der Waals surface area contributed by atoms with Gasteiger partial charge in [-0.25, -0.2) is 15.0 Å². The van der Waals surface area contributed by atoms with Crippen molar-refractivity contribution in [3.63, 3.8) is 0 Å². The van der Waals surface area contributed by atoms with Crippen molar-refractivity contribution in [2.45, 2.75) is 32.9 Å². The predicted octanol–water partition coefficient (Wildman–Crippen LogP) is 1.24. The molecule has 2 rings (SSSR count). The summed E-state index contributed by atoms with van der Waals surface area (Å²) >= 11 is 0. The number of rotatable bonds is 4. The van der Waals surface area contributed by atoms with Crippen LogP contribution in [-0.4, -0.2) is 26.0 Å². The summed E-state index contributed by atoms with van der Waals surface area (Å²) in [6.07, 6.45) is 4.36. The van der Waals surface area contributed by atoms with E-state index in [1.807, 2.05) is 0 Å². The van der Waals surface area contributed by atoms with Crippen LogP contribution in [0.1, 0.15) is 26.1 Å². The molecule has 5 heteroatoms. The summed E-state index contributed by atoms with van der Waals surface area (Å²) in [5, 5.41) is 3.37. The zero-order valence-electron chi connectivity index (χ0n) is 8.99. The predicted molar refractivity (Wildman–Crippen MR) is 58.3 cm³/mol. The monoisotopic (exact) mass is 205 g/mol. The molecule has 0 saturated heterocycles. The highest BCUT2D eigenvalue weighted by Gasteiger charge is 2.04. The van der Waals surface area contributed by atoms with Crippen LogP contribution in [0.15, 0.2) is 12.5 Å². The van der Waals surface area contributed by atoms with E-state index in [4.69, 9.17) is 0 Å². The average molecular weight is 205 g/mol. The maximum absolute atomic E-state index is 4.35. The third kappa shape index (κ3) is 2.30. The summed E-state index contributed by atoms with van der Waals surface area (Å²) in [5.74, 6) is 0.908. The molecule has 1 atom stereocenters. The van der Waals surface area contributed by atoms with Gasteiger partial charge in [0.15, 0.2) is 5.65 Å². The van der Waals surface area contributed by atoms with Crippen molar-refractivity contribution in [2.75, 3.05) is 0 Å². The quantitative estimate of drug-likeness (QED) is 0.788. The van der Waals surface area contributed by atoms with Gasteiger partial charge in [-0.1, -0.05) is 6.92 Å². The molecular weight excluding hydrogens is 190 g/mol. The van der Waals surface area contributed by atoms with Crippen LogP contribution in [0.25, 0.3) is 11.2 Å². The largest absolute Gasteiger partial charge is 0.338 e. The van der Waals surface area contributed by atoms with Crippen LogP contribution in [0, 0.1) is 0 Å². The Bertz CT molecular complexity index is 403. The SMILES string of the molecule is CCC(C)NCc1nc2ncncc2[nH]1. The molecule has 0 radical (unpaired) electrons. The molecule has 0 amide bonds. The van der Waals surface area contributed by atoms with Crippen LogP contribution in [0.4, 0.5) is 0 Å². The van der Waals surface area contributed by atoms with Crippen LogP contribution in [0.3, 0.4) is 0 Å². The van der Waals surface area contributed by atoms with Gasteiger partial charge in [0.2, 0.25) is 0 Å². The fourth-order valence-electron chi connectivity index (χ4n) is 1.31. The van der Waals surface area contributed by atoms with Gasteiger partial charge in [0.1, 0.15) is 17.7 Å². The number of nitrogens with zero attached hydrogens (tertiary/aromatic N) is 3. The lowest BCUT2D eigenvalue weighted by atomic mass is 10.2. The first-order valence-electron chi connectivity index (χ1n) is 5.17. The molecule has 2 heterocycles. The first-order chi connectivity index (χ1) is 7.29. The number of aromatic nitrogens is 4. The average Bonchev–Trinajstić information content (AvgIpc) is 2.68. The van der Waals surface area contributed by atoms with Gasteiger partial charge in [-0.05, 0) is 13.3 Å². The van der Waals surface area contributed by atoms with Crippen molar-refractivity contribution in [1.82, 2.24) is 25.3 Å². The molecule has 2 aromatic heterocycles. The molecule has 15 heavy (non-hydrogen) atoms. The van der Waals surface area contributed by atoms with E-state index in [-0.39, 0.29) is 0 Å². The molecule has 2 N–H and O–H groups in total. The zero-order valence-corrected chi connectivity index (χ0v) is 8.99. The number of nitrogens with one attached hydrogen (secondary N) is 2. The third-order valence-corrected chi connectivity index (χ3v) is 2.44. The van der Waals surface area contributed by atoms with Gasteiger partial charge in [0.25, 0.3) is 0 Å². The highest BCUT2D eigenvalue weighted by molar-refractivity contribution is 5.68. The van der Waals surface area contributed by atoms with Gasteiger partial charge in [-0.3, -0.25) is 0 Å². The molecule has 5 nitrogen and oxygen atoms in total. The Morgan fingerprint density at radius 1 is 1.53 bits per heavy atom. The number of fused-ring (bicyclic) bond motifs is 1. The van der Waals surface area contributed by atoms with Gasteiger partial charge in [0, 0.05) is 6.04 Å². The van der Waals surface area contributed by atoms with Gasteiger partial charge in [-0.2, -0.15) is 0 Å². The Morgan fingerprint density at radius 2 is 2.40 bits per heavy atom. The number of imidazole rings is 1. The first kappa shape index (κ1) is 10.0. The summed E-state index contributed by atoms with van der Waals surface area (Å²) in [7, 11) is 0. The Labute approximate surface area is 88.4 Å². The maximum atomic E-state index is 4.35. The van der Waals surface area contributed by atoms with Crippen LogP contribution in [-0.2, 0) is 6.54 Å². The second-order valence-corrected chi connectivity index (χ2v) is 3.63. The molecule has 2 aromatic rings. The standard InChI is InChI=1S/C10H15N5/c1-3-7(2)12-5-9-14-8-4-11-6-13-10(8)15-9/h4,6-7,12H,3,5H2,1-2H3,(H,11,13,14,15). The van der Waals surface area contributed by atoms with Crippen molar-refractivity contribution in [3.05, 3.63) is 18.3 Å². The van der Waals surface area contributed by atoms with Crippen molar-refractivity contribution in [2.24, 2.45) is 0 Å². The van der Waals surface area contributed by atoms with Crippen LogP contribution in [0.5, 0.6) is 0 Å². The molecule has 0 fully saturated rings. The molecule has 0 aromatic carbocycles. The maximum Gasteiger partial charge on any atom is 0.180 e. The molecule has 80 valence electrons. The van der Waals surface area contributed by atoms with Gasteiger partial charge >= 0.3 is 0 Å². The summed E-state index contributed by atoms with van der Waals surface area (Å²) in [6.45, 7) is 5.05. The fraction of sp³-hybridized carbons (Fsp3) is 0.500. The summed E-state index contributed by atoms with van der Waals surface area (Å²) < 4.78 is 0. The van der Waals surface area contributed by atoms with Crippen molar-refractivity contribution < 1.29 is 0 Å². The van der Waals surface area contributed by atoms with E-state index in [1.165, 1.54) is 6.33 Å². The number of H-pyrrole nitrogens is 1. The van der Waals surface area contributed by atoms with E-state index in [1.54, 1.807) is 6.20 Å². The lowest BCUT2D eigenvalue weighted by Crippen LogP contribution is -2.24. The Balaban J connectivity index is 2.09. The first-order valence-corrected chi connectivity index (χ1v) is 5.17. The van der Waals surface area contributed by atoms with Gasteiger partial charge in [0.05, 0.1) is 12.7 Å². The van der Waals surface area contributed by atoms with E-state index >= 15 is 0 Å². The van der Waals surface area contributed by atoms with Crippen molar-refractivity contribution in [1.29, 1.82) is 0 Å². The minimum absolute atomic E-state index is 0.504. The van der Waals surface area contributed by atoms with Crippen molar-refractivity contribution >= 4 is 11.2 Å². The summed E-state index contributed by atoms with van der Waals surface area (Å²) in [6, 6.07) is 0.504. The highest BCUT2D eigenvalue weighted by Crippen LogP contribution is 2.05. The molecule has 0 aliphatic rings. The highest BCUT2D eigenvalue weighted by atomic mass is 15.0. The second kappa shape index (κ2) is 4.35. The number of hydrogen-bond acceptors (Lipinski definition) is 4. The fourth-order valence-corrected chi connectivity index (χ4v) is 1.31. The van der Waals surface area contributed by atoms with Crippen LogP contribution >= 0.6 is 0 Å². The molecule has 0 bridgehead atoms. The molecule has 1 unspecified atom stereocenters. The Hall–Kier alpha value is -1.49. The van der Waals surface area contributed by atoms with E-state index < -0.39 is 0 Å². The lowest BCUT2D eigenvalue weighted by molar-refractivity contribution is 0.525. The normalized spacial score (nSPS) is 13.2. The topological polar surface area (TPSA) is 66.5 Å². The molecule has 0 aliphatic heterocycles.